The van der Waals surface area contributed by atoms with Crippen molar-refractivity contribution in [2.24, 2.45) is 0 Å². The lowest BCUT2D eigenvalue weighted by molar-refractivity contribution is 0.353. The quantitative estimate of drug-likeness (QED) is 0.516. The van der Waals surface area contributed by atoms with E-state index in [1.165, 1.54) is 0 Å². The largest absolute Gasteiger partial charge is 0.437 e. The van der Waals surface area contributed by atoms with Gasteiger partial charge in [-0.15, -0.1) is 0 Å². The zero-order chi connectivity index (χ0) is 18.2. The lowest BCUT2D eigenvalue weighted by Crippen LogP contribution is -2.73. The third kappa shape index (κ3) is 6.52. The Bertz CT molecular complexity index is 379. The summed E-state index contributed by atoms with van der Waals surface area (Å²) in [5.41, 5.74) is 0. The van der Waals surface area contributed by atoms with E-state index in [1.807, 2.05) is 45.8 Å². The molecule has 3 N–H and O–H groups in total. The monoisotopic (exact) mass is 418 g/mol. The molecule has 0 saturated heterocycles. The molecule has 0 spiro atoms. The van der Waals surface area contributed by atoms with Gasteiger partial charge in [0.25, 0.3) is 0 Å². The van der Waals surface area contributed by atoms with E-state index in [-0.39, 0.29) is 0 Å². The van der Waals surface area contributed by atoms with Crippen LogP contribution < -0.4 is 0 Å². The highest BCUT2D eigenvalue weighted by molar-refractivity contribution is 7.41. The van der Waals surface area contributed by atoms with Gasteiger partial charge < -0.3 is 26.7 Å². The molecule has 0 aliphatic heterocycles. The van der Waals surface area contributed by atoms with Gasteiger partial charge in [0.2, 0.25) is 15.7 Å². The molecule has 0 aliphatic rings. The maximum absolute atomic E-state index is 11.0. The molecule has 0 rings (SSSR count). The van der Waals surface area contributed by atoms with Crippen molar-refractivity contribution in [1.82, 2.24) is 0 Å². The lowest BCUT2D eigenvalue weighted by atomic mass is 11.8. The van der Waals surface area contributed by atoms with Crippen LogP contribution in [0.4, 0.5) is 0 Å². The fraction of sp³-hybridized carbons (Fsp3) is 1.00. The summed E-state index contributed by atoms with van der Waals surface area (Å²) in [5, 5.41) is 0. The van der Waals surface area contributed by atoms with Crippen molar-refractivity contribution in [3.8, 4) is 0 Å². The highest BCUT2D eigenvalue weighted by Gasteiger charge is 2.59. The van der Waals surface area contributed by atoms with Crippen molar-refractivity contribution in [3.63, 3.8) is 0 Å². The van der Waals surface area contributed by atoms with Gasteiger partial charge in [-0.1, -0.05) is 0 Å². The summed E-state index contributed by atoms with van der Waals surface area (Å²) in [6, 6.07) is 0. The minimum atomic E-state index is -3.15. The van der Waals surface area contributed by atoms with Crippen molar-refractivity contribution < 1.29 is 26.7 Å². The van der Waals surface area contributed by atoms with E-state index in [0.717, 1.165) is 0 Å². The first-order valence-electron chi connectivity index (χ1n) is 7.54. The summed E-state index contributed by atoms with van der Waals surface area (Å²) in [6.45, 7) is 18.8. The zero-order valence-electron chi connectivity index (χ0n) is 15.6. The third-order valence-electron chi connectivity index (χ3n) is 3.66. The van der Waals surface area contributed by atoms with E-state index in [2.05, 4.69) is 0 Å². The first kappa shape index (κ1) is 23.1. The molecule has 0 aromatic carbocycles. The van der Waals surface area contributed by atoms with Crippen LogP contribution in [0.2, 0.25) is 65.5 Å². The average molecular weight is 419 g/mol. The normalized spacial score (nSPS) is 21.1. The van der Waals surface area contributed by atoms with Crippen LogP contribution in [0.3, 0.4) is 0 Å². The Morgan fingerprint density at radius 3 is 1.36 bits per heavy atom. The summed E-state index contributed by atoms with van der Waals surface area (Å²) in [5.74, 6) is 0. The number of hydrogen-bond donors (Lipinski definition) is 3. The van der Waals surface area contributed by atoms with E-state index in [4.69, 9.17) is 12.3 Å². The molecule has 134 valence electrons. The van der Waals surface area contributed by atoms with Crippen LogP contribution in [0.1, 0.15) is 0 Å². The van der Waals surface area contributed by atoms with Gasteiger partial charge in [0, 0.05) is 0 Å². The van der Waals surface area contributed by atoms with E-state index >= 15 is 0 Å². The molecule has 3 unspecified atom stereocenters. The van der Waals surface area contributed by atoms with Gasteiger partial charge >= 0.3 is 25.4 Å². The smallest absolute Gasteiger partial charge is 0.332 e. The number of rotatable bonds is 8. The van der Waals surface area contributed by atoms with Crippen LogP contribution >= 0.6 is 0 Å². The number of hydrogen-bond acceptors (Lipinski definition) is 6. The molecular formula is C10H34O6Si6. The molecule has 12 heteroatoms. The summed E-state index contributed by atoms with van der Waals surface area (Å²) in [6.07, 6.45) is 0. The van der Waals surface area contributed by atoms with E-state index in [1.54, 1.807) is 19.6 Å². The first-order valence-corrected chi connectivity index (χ1v) is 25.6. The van der Waals surface area contributed by atoms with Gasteiger partial charge in [-0.25, -0.2) is 0 Å². The van der Waals surface area contributed by atoms with Crippen molar-refractivity contribution in [3.05, 3.63) is 0 Å². The second-order valence-electron chi connectivity index (χ2n) is 8.02. The summed E-state index contributed by atoms with van der Waals surface area (Å²) in [7, 11) is -15.5. The topological polar surface area (TPSA) is 88.4 Å². The molecule has 0 bridgehead atoms. The molecule has 0 saturated carbocycles. The van der Waals surface area contributed by atoms with Crippen LogP contribution in [-0.2, 0) is 12.3 Å². The fourth-order valence-electron chi connectivity index (χ4n) is 1.97. The van der Waals surface area contributed by atoms with Gasteiger partial charge in [-0.3, -0.25) is 0 Å². The van der Waals surface area contributed by atoms with Crippen molar-refractivity contribution in [2.75, 3.05) is 0 Å². The van der Waals surface area contributed by atoms with Crippen LogP contribution in [0, 0.1) is 0 Å². The summed E-state index contributed by atoms with van der Waals surface area (Å²) in [4.78, 5) is 31.5. The summed E-state index contributed by atoms with van der Waals surface area (Å²) < 4.78 is 17.9. The van der Waals surface area contributed by atoms with Crippen molar-refractivity contribution in [2.45, 2.75) is 65.5 Å². The Morgan fingerprint density at radius 2 is 1.05 bits per heavy atom. The molecular weight excluding hydrogens is 385 g/mol. The van der Waals surface area contributed by atoms with Gasteiger partial charge in [-0.05, 0) is 65.5 Å². The Hall–Kier alpha value is 1.06. The molecule has 0 radical (unpaired) electrons. The zero-order valence-corrected chi connectivity index (χ0v) is 21.8. The lowest BCUT2D eigenvalue weighted by Gasteiger charge is -2.45. The fourth-order valence-corrected chi connectivity index (χ4v) is 35.1. The summed E-state index contributed by atoms with van der Waals surface area (Å²) >= 11 is 0. The predicted molar refractivity (Wildman–Crippen MR) is 104 cm³/mol. The molecule has 0 heterocycles. The Balaban J connectivity index is 5.32. The molecule has 3 atom stereocenters. The van der Waals surface area contributed by atoms with E-state index in [0.29, 0.717) is 0 Å². The highest BCUT2D eigenvalue weighted by Crippen LogP contribution is 2.29. The first-order chi connectivity index (χ1) is 9.33. The standard InChI is InChI=1S/C10H34O6Si6/c1-17(11)14-19(5,6)22(10,13)16-20(7,8)21(9,12)15-18(2,3)4/h11-13,17H,1-10H3. The predicted octanol–water partition coefficient (Wildman–Crippen LogP) is 1.41. The van der Waals surface area contributed by atoms with Crippen LogP contribution in [0.25, 0.3) is 0 Å². The second-order valence-corrected chi connectivity index (χ2v) is 38.8. The van der Waals surface area contributed by atoms with E-state index < -0.39 is 49.4 Å². The van der Waals surface area contributed by atoms with Crippen LogP contribution in [0.5, 0.6) is 0 Å². The molecule has 0 fully saturated rings. The van der Waals surface area contributed by atoms with E-state index in [9.17, 15) is 14.4 Å². The highest BCUT2D eigenvalue weighted by atomic mass is 29.3. The maximum Gasteiger partial charge on any atom is 0.332 e. The molecule has 0 aromatic heterocycles. The molecule has 0 amide bonds. The van der Waals surface area contributed by atoms with Crippen LogP contribution in [0.15, 0.2) is 0 Å². The third-order valence-corrected chi connectivity index (χ3v) is 36.7. The maximum atomic E-state index is 11.0. The Kier molecular flexibility index (Phi) is 7.47. The van der Waals surface area contributed by atoms with Gasteiger partial charge in [0.05, 0.1) is 0 Å². The minimum Gasteiger partial charge on any atom is -0.437 e. The molecule has 0 aromatic rings. The molecule has 6 nitrogen and oxygen atoms in total. The molecule has 0 aliphatic carbocycles. The second kappa shape index (κ2) is 7.12. The van der Waals surface area contributed by atoms with Gasteiger partial charge in [-0.2, -0.15) is 0 Å². The van der Waals surface area contributed by atoms with Gasteiger partial charge in [0.15, 0.2) is 8.32 Å². The average Bonchev–Trinajstić information content (AvgIpc) is 2.07. The molecule has 22 heavy (non-hydrogen) atoms. The van der Waals surface area contributed by atoms with Gasteiger partial charge in [0.1, 0.15) is 0 Å². The Morgan fingerprint density at radius 1 is 0.682 bits per heavy atom. The van der Waals surface area contributed by atoms with Crippen molar-refractivity contribution in [1.29, 1.82) is 0 Å². The minimum absolute atomic E-state index is 1.67. The van der Waals surface area contributed by atoms with Crippen molar-refractivity contribution >= 4 is 49.4 Å². The SMILES string of the molecule is C[SiH](O)O[Si](C)(C)[Si](C)(O)O[Si](C)(C)[Si](C)(O)O[Si](C)(C)C. The Labute approximate surface area is 141 Å². The van der Waals surface area contributed by atoms with Crippen LogP contribution in [-0.4, -0.2) is 63.8 Å².